The molecule has 0 atom stereocenters. The van der Waals surface area contributed by atoms with Gasteiger partial charge in [0, 0.05) is 19.1 Å². The van der Waals surface area contributed by atoms with E-state index >= 15 is 0 Å². The lowest BCUT2D eigenvalue weighted by atomic mass is 9.97. The molecule has 0 unspecified atom stereocenters. The van der Waals surface area contributed by atoms with Crippen molar-refractivity contribution >= 4 is 11.6 Å². The summed E-state index contributed by atoms with van der Waals surface area (Å²) in [6, 6.07) is 12.3. The van der Waals surface area contributed by atoms with Gasteiger partial charge in [-0.25, -0.2) is 4.68 Å². The van der Waals surface area contributed by atoms with Gasteiger partial charge in [0.1, 0.15) is 5.15 Å². The lowest BCUT2D eigenvalue weighted by Crippen LogP contribution is -2.15. The predicted octanol–water partition coefficient (Wildman–Crippen LogP) is 3.48. The van der Waals surface area contributed by atoms with Crippen LogP contribution in [0.4, 0.5) is 0 Å². The summed E-state index contributed by atoms with van der Waals surface area (Å²) in [6.45, 7) is 2.38. The second kappa shape index (κ2) is 5.76. The lowest BCUT2D eigenvalue weighted by Gasteiger charge is -2.19. The minimum atomic E-state index is 0.489. The Morgan fingerprint density at radius 1 is 1.21 bits per heavy atom. The van der Waals surface area contributed by atoms with Crippen molar-refractivity contribution in [3.63, 3.8) is 0 Å². The first-order valence-electron chi connectivity index (χ1n) is 6.68. The zero-order valence-electron chi connectivity index (χ0n) is 10.8. The lowest BCUT2D eigenvalue weighted by molar-refractivity contribution is 0.0844. The number of aromatic nitrogens is 2. The highest BCUT2D eigenvalue weighted by atomic mass is 35.5. The van der Waals surface area contributed by atoms with Crippen LogP contribution in [0.15, 0.2) is 36.4 Å². The van der Waals surface area contributed by atoms with E-state index in [1.54, 1.807) is 0 Å². The summed E-state index contributed by atoms with van der Waals surface area (Å²) in [4.78, 5) is 0. The smallest absolute Gasteiger partial charge is 0.127 e. The van der Waals surface area contributed by atoms with Crippen LogP contribution in [0.3, 0.4) is 0 Å². The molecule has 3 nitrogen and oxygen atoms in total. The van der Waals surface area contributed by atoms with E-state index in [0.29, 0.717) is 11.1 Å². The van der Waals surface area contributed by atoms with Crippen molar-refractivity contribution in [2.75, 3.05) is 13.2 Å². The third-order valence-corrected chi connectivity index (χ3v) is 3.87. The normalized spacial score (nSPS) is 16.7. The third-order valence-electron chi connectivity index (χ3n) is 3.56. The molecule has 0 aliphatic carbocycles. The minimum absolute atomic E-state index is 0.489. The fourth-order valence-electron chi connectivity index (χ4n) is 2.47. The molecule has 0 amide bonds. The van der Waals surface area contributed by atoms with Crippen LogP contribution in [0.2, 0.25) is 5.15 Å². The van der Waals surface area contributed by atoms with Crippen LogP contribution in [0.25, 0.3) is 0 Å². The molecule has 19 heavy (non-hydrogen) atoms. The van der Waals surface area contributed by atoms with Crippen LogP contribution in [-0.2, 0) is 11.3 Å². The van der Waals surface area contributed by atoms with Crippen molar-refractivity contribution < 1.29 is 4.74 Å². The highest BCUT2D eigenvalue weighted by Crippen LogP contribution is 2.28. The van der Waals surface area contributed by atoms with E-state index < -0.39 is 0 Å². The Labute approximate surface area is 118 Å². The van der Waals surface area contributed by atoms with Gasteiger partial charge in [-0.15, -0.1) is 0 Å². The Balaban J connectivity index is 1.77. The molecule has 1 fully saturated rings. The number of nitrogens with zero attached hydrogens (tertiary/aromatic N) is 2. The van der Waals surface area contributed by atoms with Crippen LogP contribution >= 0.6 is 11.6 Å². The summed E-state index contributed by atoms with van der Waals surface area (Å²) >= 11 is 6.28. The summed E-state index contributed by atoms with van der Waals surface area (Å²) in [5, 5.41) is 5.37. The molecule has 1 aromatic heterocycles. The summed E-state index contributed by atoms with van der Waals surface area (Å²) in [5.74, 6) is 0.489. The van der Waals surface area contributed by atoms with Gasteiger partial charge in [-0.2, -0.15) is 5.10 Å². The van der Waals surface area contributed by atoms with Crippen molar-refractivity contribution in [2.45, 2.75) is 25.3 Å². The molecule has 3 rings (SSSR count). The van der Waals surface area contributed by atoms with Gasteiger partial charge in [-0.3, -0.25) is 0 Å². The standard InChI is InChI=1S/C15H17ClN2O/c16-15-10-14(13-6-8-19-9-7-13)17-18(15)11-12-4-2-1-3-5-12/h1-5,10,13H,6-9,11H2. The minimum Gasteiger partial charge on any atom is -0.381 e. The van der Waals surface area contributed by atoms with E-state index in [4.69, 9.17) is 16.3 Å². The number of hydrogen-bond donors (Lipinski definition) is 0. The van der Waals surface area contributed by atoms with Crippen molar-refractivity contribution in [1.29, 1.82) is 0 Å². The van der Waals surface area contributed by atoms with Gasteiger partial charge in [0.05, 0.1) is 12.2 Å². The Kier molecular flexibility index (Phi) is 3.85. The first-order valence-corrected chi connectivity index (χ1v) is 7.05. The zero-order valence-corrected chi connectivity index (χ0v) is 11.5. The van der Waals surface area contributed by atoms with Crippen molar-refractivity contribution in [3.8, 4) is 0 Å². The molecule has 0 radical (unpaired) electrons. The highest BCUT2D eigenvalue weighted by Gasteiger charge is 2.19. The van der Waals surface area contributed by atoms with E-state index in [-0.39, 0.29) is 0 Å². The number of halogens is 1. The number of rotatable bonds is 3. The summed E-state index contributed by atoms with van der Waals surface area (Å²) in [5.41, 5.74) is 2.32. The molecule has 0 N–H and O–H groups in total. The van der Waals surface area contributed by atoms with Crippen LogP contribution in [0.1, 0.15) is 30.0 Å². The van der Waals surface area contributed by atoms with E-state index in [1.165, 1.54) is 5.56 Å². The quantitative estimate of drug-likeness (QED) is 0.858. The molecule has 4 heteroatoms. The highest BCUT2D eigenvalue weighted by molar-refractivity contribution is 6.29. The van der Waals surface area contributed by atoms with Gasteiger partial charge in [0.2, 0.25) is 0 Å². The molecular formula is C15H17ClN2O. The van der Waals surface area contributed by atoms with E-state index in [1.807, 2.05) is 28.9 Å². The molecule has 1 aliphatic heterocycles. The molecule has 2 aromatic rings. The second-order valence-corrected chi connectivity index (χ2v) is 5.31. The van der Waals surface area contributed by atoms with E-state index in [9.17, 15) is 0 Å². The Morgan fingerprint density at radius 3 is 2.68 bits per heavy atom. The molecule has 1 aromatic carbocycles. The Morgan fingerprint density at radius 2 is 1.95 bits per heavy atom. The fraction of sp³-hybridized carbons (Fsp3) is 0.400. The molecule has 0 spiro atoms. The summed E-state index contributed by atoms with van der Waals surface area (Å²) in [7, 11) is 0. The van der Waals surface area contributed by atoms with Crippen LogP contribution in [0.5, 0.6) is 0 Å². The number of ether oxygens (including phenoxy) is 1. The average Bonchev–Trinajstić information content (AvgIpc) is 2.82. The first kappa shape index (κ1) is 12.7. The molecule has 0 bridgehead atoms. The molecule has 1 saturated heterocycles. The Bertz CT molecular complexity index is 532. The van der Waals surface area contributed by atoms with Gasteiger partial charge in [0.15, 0.2) is 0 Å². The largest absolute Gasteiger partial charge is 0.381 e. The third kappa shape index (κ3) is 2.99. The molecule has 2 heterocycles. The maximum Gasteiger partial charge on any atom is 0.127 e. The molecule has 100 valence electrons. The van der Waals surface area contributed by atoms with Crippen molar-refractivity contribution in [2.24, 2.45) is 0 Å². The molecular weight excluding hydrogens is 260 g/mol. The van der Waals surface area contributed by atoms with Crippen molar-refractivity contribution in [3.05, 3.63) is 52.8 Å². The van der Waals surface area contributed by atoms with E-state index in [0.717, 1.165) is 38.3 Å². The Hall–Kier alpha value is -1.32. The maximum absolute atomic E-state index is 6.28. The predicted molar refractivity (Wildman–Crippen MR) is 75.6 cm³/mol. The monoisotopic (exact) mass is 276 g/mol. The topological polar surface area (TPSA) is 27.1 Å². The zero-order chi connectivity index (χ0) is 13.1. The van der Waals surface area contributed by atoms with Crippen LogP contribution < -0.4 is 0 Å². The van der Waals surface area contributed by atoms with Crippen molar-refractivity contribution in [1.82, 2.24) is 9.78 Å². The SMILES string of the molecule is Clc1cc(C2CCOCC2)nn1Cc1ccccc1. The van der Waals surface area contributed by atoms with Gasteiger partial charge < -0.3 is 4.74 Å². The summed E-state index contributed by atoms with van der Waals surface area (Å²) < 4.78 is 7.26. The number of benzene rings is 1. The molecule has 0 saturated carbocycles. The van der Waals surface area contributed by atoms with Gasteiger partial charge in [0.25, 0.3) is 0 Å². The average molecular weight is 277 g/mol. The van der Waals surface area contributed by atoms with Crippen LogP contribution in [-0.4, -0.2) is 23.0 Å². The van der Waals surface area contributed by atoms with Gasteiger partial charge in [-0.1, -0.05) is 41.9 Å². The van der Waals surface area contributed by atoms with Gasteiger partial charge in [-0.05, 0) is 24.5 Å². The first-order chi connectivity index (χ1) is 9.33. The van der Waals surface area contributed by atoms with Crippen LogP contribution in [0, 0.1) is 0 Å². The second-order valence-electron chi connectivity index (χ2n) is 4.92. The number of hydrogen-bond acceptors (Lipinski definition) is 2. The van der Waals surface area contributed by atoms with E-state index in [2.05, 4.69) is 17.2 Å². The maximum atomic E-state index is 6.28. The molecule has 1 aliphatic rings. The fourth-order valence-corrected chi connectivity index (χ4v) is 2.68. The van der Waals surface area contributed by atoms with Gasteiger partial charge >= 0.3 is 0 Å². The summed E-state index contributed by atoms with van der Waals surface area (Å²) in [6.07, 6.45) is 2.08.